The zero-order valence-corrected chi connectivity index (χ0v) is 12.9. The summed E-state index contributed by atoms with van der Waals surface area (Å²) in [5.74, 6) is -0.124. The molecule has 0 radical (unpaired) electrons. The summed E-state index contributed by atoms with van der Waals surface area (Å²) >= 11 is 0. The monoisotopic (exact) mass is 319 g/mol. The van der Waals surface area contributed by atoms with Crippen LogP contribution in [0.25, 0.3) is 10.8 Å². The number of nitrogens with two attached hydrogens (primary N) is 1. The van der Waals surface area contributed by atoms with Crippen molar-refractivity contribution in [3.8, 4) is 5.75 Å². The van der Waals surface area contributed by atoms with E-state index in [-0.39, 0.29) is 18.1 Å². The van der Waals surface area contributed by atoms with E-state index in [0.717, 1.165) is 16.3 Å². The molecule has 0 heterocycles. The Balaban J connectivity index is 1.71. The second-order valence-electron chi connectivity index (χ2n) is 5.43. The molecule has 4 N–H and O–H groups in total. The average Bonchev–Trinajstić information content (AvgIpc) is 2.59. The number of carbonyl (C=O) groups is 1. The number of rotatable bonds is 4. The number of phenols is 1. The van der Waals surface area contributed by atoms with Gasteiger partial charge in [0.05, 0.1) is 12.6 Å². The summed E-state index contributed by atoms with van der Waals surface area (Å²) in [5.41, 5.74) is 10.2. The molecule has 5 nitrogen and oxygen atoms in total. The van der Waals surface area contributed by atoms with Crippen molar-refractivity contribution in [1.82, 2.24) is 5.43 Å². The van der Waals surface area contributed by atoms with Crippen molar-refractivity contribution in [1.29, 1.82) is 0 Å². The maximum Gasteiger partial charge on any atom is 0.244 e. The Bertz CT molecular complexity index is 902. The Morgan fingerprint density at radius 1 is 1.08 bits per heavy atom. The standard InChI is InChI=1S/C19H17N3O2/c20-15-8-5-13(6-9-15)11-19(24)22-21-12-17-16-4-2-1-3-14(16)7-10-18(17)23/h1-10,12,23H,11,20H2,(H,22,24)/b21-12-. The zero-order chi connectivity index (χ0) is 16.9. The molecule has 3 aromatic carbocycles. The van der Waals surface area contributed by atoms with E-state index < -0.39 is 0 Å². The maximum absolute atomic E-state index is 11.9. The van der Waals surface area contributed by atoms with Crippen molar-refractivity contribution in [3.05, 3.63) is 71.8 Å². The second kappa shape index (κ2) is 6.83. The third-order valence-electron chi connectivity index (χ3n) is 3.67. The van der Waals surface area contributed by atoms with Gasteiger partial charge in [-0.1, -0.05) is 42.5 Å². The molecule has 0 saturated carbocycles. The number of nitrogens with zero attached hydrogens (tertiary/aromatic N) is 1. The first-order valence-corrected chi connectivity index (χ1v) is 7.50. The van der Waals surface area contributed by atoms with Crippen molar-refractivity contribution in [2.45, 2.75) is 6.42 Å². The van der Waals surface area contributed by atoms with Gasteiger partial charge in [-0.3, -0.25) is 4.79 Å². The second-order valence-corrected chi connectivity index (χ2v) is 5.43. The molecule has 0 saturated heterocycles. The lowest BCUT2D eigenvalue weighted by molar-refractivity contribution is -0.120. The summed E-state index contributed by atoms with van der Waals surface area (Å²) in [6.45, 7) is 0. The number of nitrogen functional groups attached to an aromatic ring is 1. The maximum atomic E-state index is 11.9. The number of aromatic hydroxyl groups is 1. The van der Waals surface area contributed by atoms with Gasteiger partial charge in [-0.2, -0.15) is 5.10 Å². The van der Waals surface area contributed by atoms with Crippen LogP contribution in [0.5, 0.6) is 5.75 Å². The third-order valence-corrected chi connectivity index (χ3v) is 3.67. The number of hydrazone groups is 1. The fraction of sp³-hybridized carbons (Fsp3) is 0.0526. The van der Waals surface area contributed by atoms with Gasteiger partial charge >= 0.3 is 0 Å². The molecule has 120 valence electrons. The molecule has 0 bridgehead atoms. The van der Waals surface area contributed by atoms with E-state index >= 15 is 0 Å². The van der Waals surface area contributed by atoms with Crippen molar-refractivity contribution in [2.24, 2.45) is 5.10 Å². The molecule has 24 heavy (non-hydrogen) atoms. The number of phenolic OH excluding ortho intramolecular Hbond substituents is 1. The van der Waals surface area contributed by atoms with Crippen LogP contribution in [-0.2, 0) is 11.2 Å². The highest BCUT2D eigenvalue weighted by molar-refractivity contribution is 6.02. The van der Waals surface area contributed by atoms with Crippen molar-refractivity contribution in [3.63, 3.8) is 0 Å². The van der Waals surface area contributed by atoms with Gasteiger partial charge in [0.15, 0.2) is 0 Å². The van der Waals surface area contributed by atoms with Crippen LogP contribution in [0, 0.1) is 0 Å². The molecule has 0 aliphatic heterocycles. The molecule has 0 spiro atoms. The van der Waals surface area contributed by atoms with Gasteiger partial charge in [-0.25, -0.2) is 5.43 Å². The predicted octanol–water partition coefficient (Wildman–Crippen LogP) is 2.82. The highest BCUT2D eigenvalue weighted by atomic mass is 16.3. The summed E-state index contributed by atoms with van der Waals surface area (Å²) in [5, 5.41) is 15.8. The minimum absolute atomic E-state index is 0.116. The van der Waals surface area contributed by atoms with E-state index in [1.54, 1.807) is 30.3 Å². The van der Waals surface area contributed by atoms with Crippen LogP contribution < -0.4 is 11.2 Å². The molecule has 0 aromatic heterocycles. The highest BCUT2D eigenvalue weighted by Gasteiger charge is 2.05. The molecule has 0 unspecified atom stereocenters. The van der Waals surface area contributed by atoms with E-state index in [1.165, 1.54) is 6.21 Å². The van der Waals surface area contributed by atoms with Crippen LogP contribution >= 0.6 is 0 Å². The molecule has 0 fully saturated rings. The lowest BCUT2D eigenvalue weighted by Gasteiger charge is -2.05. The number of benzene rings is 3. The number of nitrogens with one attached hydrogen (secondary N) is 1. The number of anilines is 1. The Morgan fingerprint density at radius 3 is 2.62 bits per heavy atom. The van der Waals surface area contributed by atoms with E-state index in [4.69, 9.17) is 5.73 Å². The zero-order valence-electron chi connectivity index (χ0n) is 12.9. The lowest BCUT2D eigenvalue weighted by Crippen LogP contribution is -2.19. The summed E-state index contributed by atoms with van der Waals surface area (Å²) in [6.07, 6.45) is 1.66. The largest absolute Gasteiger partial charge is 0.507 e. The number of hydrogen-bond donors (Lipinski definition) is 3. The van der Waals surface area contributed by atoms with Crippen molar-refractivity contribution in [2.75, 3.05) is 5.73 Å². The molecule has 3 aromatic rings. The summed E-state index contributed by atoms with van der Waals surface area (Å²) in [4.78, 5) is 11.9. The quantitative estimate of drug-likeness (QED) is 0.392. The molecule has 3 rings (SSSR count). The third kappa shape index (κ3) is 3.52. The normalized spacial score (nSPS) is 11.0. The van der Waals surface area contributed by atoms with Gasteiger partial charge in [-0.15, -0.1) is 0 Å². The SMILES string of the molecule is Nc1ccc(CC(=O)N/N=C\c2c(O)ccc3ccccc23)cc1. The number of carbonyl (C=O) groups excluding carboxylic acids is 1. The molecular formula is C19H17N3O2. The molecular weight excluding hydrogens is 302 g/mol. The van der Waals surface area contributed by atoms with E-state index in [0.29, 0.717) is 11.3 Å². The molecule has 0 aliphatic carbocycles. The van der Waals surface area contributed by atoms with Crippen molar-refractivity contribution >= 4 is 28.6 Å². The van der Waals surface area contributed by atoms with Crippen LogP contribution in [-0.4, -0.2) is 17.2 Å². The van der Waals surface area contributed by atoms with E-state index in [2.05, 4.69) is 10.5 Å². The first-order valence-electron chi connectivity index (χ1n) is 7.50. The first kappa shape index (κ1) is 15.6. The van der Waals surface area contributed by atoms with Crippen LogP contribution in [0.1, 0.15) is 11.1 Å². The van der Waals surface area contributed by atoms with Gasteiger partial charge in [0, 0.05) is 11.3 Å². The molecule has 1 amide bonds. The fourth-order valence-electron chi connectivity index (χ4n) is 2.45. The molecule has 0 aliphatic rings. The topological polar surface area (TPSA) is 87.7 Å². The average molecular weight is 319 g/mol. The van der Waals surface area contributed by atoms with Gasteiger partial charge in [0.25, 0.3) is 0 Å². The van der Waals surface area contributed by atoms with E-state index in [9.17, 15) is 9.90 Å². The van der Waals surface area contributed by atoms with E-state index in [1.807, 2.05) is 30.3 Å². The number of amides is 1. The number of hydrogen-bond acceptors (Lipinski definition) is 4. The van der Waals surface area contributed by atoms with Gasteiger partial charge in [0.2, 0.25) is 5.91 Å². The smallest absolute Gasteiger partial charge is 0.244 e. The lowest BCUT2D eigenvalue weighted by atomic mass is 10.0. The van der Waals surface area contributed by atoms with Crippen molar-refractivity contribution < 1.29 is 9.90 Å². The summed E-state index contributed by atoms with van der Waals surface area (Å²) in [7, 11) is 0. The number of fused-ring (bicyclic) bond motifs is 1. The van der Waals surface area contributed by atoms with Gasteiger partial charge in [0.1, 0.15) is 5.75 Å². The predicted molar refractivity (Wildman–Crippen MR) is 95.9 cm³/mol. The Kier molecular flexibility index (Phi) is 4.43. The Labute approximate surface area is 139 Å². The van der Waals surface area contributed by atoms with Gasteiger partial charge < -0.3 is 10.8 Å². The molecule has 0 atom stereocenters. The van der Waals surface area contributed by atoms with Crippen LogP contribution in [0.4, 0.5) is 5.69 Å². The minimum Gasteiger partial charge on any atom is -0.507 e. The Hall–Kier alpha value is -3.34. The first-order chi connectivity index (χ1) is 11.6. The van der Waals surface area contributed by atoms with Crippen LogP contribution in [0.2, 0.25) is 0 Å². The fourth-order valence-corrected chi connectivity index (χ4v) is 2.45. The highest BCUT2D eigenvalue weighted by Crippen LogP contribution is 2.25. The van der Waals surface area contributed by atoms with Gasteiger partial charge in [-0.05, 0) is 34.5 Å². The molecule has 5 heteroatoms. The summed E-state index contributed by atoms with van der Waals surface area (Å²) in [6, 6.07) is 18.2. The van der Waals surface area contributed by atoms with Crippen LogP contribution in [0.3, 0.4) is 0 Å². The minimum atomic E-state index is -0.240. The van der Waals surface area contributed by atoms with Crippen LogP contribution in [0.15, 0.2) is 65.8 Å². The Morgan fingerprint density at radius 2 is 1.83 bits per heavy atom. The summed E-state index contributed by atoms with van der Waals surface area (Å²) < 4.78 is 0.